The Bertz CT molecular complexity index is 1130. The molecule has 1 N–H and O–H groups in total. The van der Waals surface area contributed by atoms with Crippen molar-refractivity contribution in [2.45, 2.75) is 40.0 Å². The molecule has 2 atom stereocenters. The fourth-order valence-corrected chi connectivity index (χ4v) is 5.64. The van der Waals surface area contributed by atoms with Crippen LogP contribution in [0.3, 0.4) is 0 Å². The van der Waals surface area contributed by atoms with Gasteiger partial charge >= 0.3 is 5.97 Å². The van der Waals surface area contributed by atoms with Gasteiger partial charge in [-0.05, 0) is 60.7 Å². The van der Waals surface area contributed by atoms with E-state index in [4.69, 9.17) is 28.0 Å². The maximum Gasteiger partial charge on any atom is 0.365 e. The molecule has 2 aliphatic rings. The third kappa shape index (κ3) is 3.57. The molecule has 2 unspecified atom stereocenters. The number of halogens is 3. The van der Waals surface area contributed by atoms with E-state index in [2.05, 4.69) is 47.2 Å². The molecule has 5 nitrogen and oxygen atoms in total. The summed E-state index contributed by atoms with van der Waals surface area (Å²) in [6.07, 6.45) is 1.93. The van der Waals surface area contributed by atoms with Crippen LogP contribution in [0.1, 0.15) is 50.4 Å². The minimum Gasteiger partial charge on any atom is -0.326 e. The minimum atomic E-state index is -0.670. The number of carbonyl (C=O) groups excluding carboxylic acids is 2. The number of amides is 1. The predicted octanol–water partition coefficient (Wildman–Crippen LogP) is 7.12. The first-order chi connectivity index (χ1) is 15.0. The monoisotopic (exact) mass is 536 g/mol. The van der Waals surface area contributed by atoms with E-state index in [1.807, 2.05) is 0 Å². The summed E-state index contributed by atoms with van der Waals surface area (Å²) in [6.45, 7) is 6.28. The van der Waals surface area contributed by atoms with E-state index in [0.717, 1.165) is 23.0 Å². The van der Waals surface area contributed by atoms with Gasteiger partial charge in [0.05, 0.1) is 26.7 Å². The first-order valence-corrected chi connectivity index (χ1v) is 11.9. The molecular formula is C24H23BrCl2N2O3. The van der Waals surface area contributed by atoms with Crippen molar-refractivity contribution in [2.24, 2.45) is 21.4 Å². The lowest BCUT2D eigenvalue weighted by molar-refractivity contribution is -0.130. The molecule has 2 fully saturated rings. The number of nitrogens with one attached hydrogen (secondary N) is 1. The van der Waals surface area contributed by atoms with Crippen LogP contribution in [0, 0.1) is 16.2 Å². The van der Waals surface area contributed by atoms with E-state index < -0.39 is 11.4 Å². The Balaban J connectivity index is 1.58. The molecule has 2 bridgehead atoms. The summed E-state index contributed by atoms with van der Waals surface area (Å²) >= 11 is 15.5. The summed E-state index contributed by atoms with van der Waals surface area (Å²) in [4.78, 5) is 31.3. The molecule has 8 heteroatoms. The molecule has 1 amide bonds. The van der Waals surface area contributed by atoms with Crippen molar-refractivity contribution >= 4 is 62.4 Å². The van der Waals surface area contributed by atoms with Crippen molar-refractivity contribution in [3.63, 3.8) is 0 Å². The van der Waals surface area contributed by atoms with Crippen LogP contribution >= 0.6 is 39.1 Å². The molecule has 168 valence electrons. The highest BCUT2D eigenvalue weighted by molar-refractivity contribution is 9.10. The highest BCUT2D eigenvalue weighted by atomic mass is 79.9. The van der Waals surface area contributed by atoms with Gasteiger partial charge in [0, 0.05) is 22.0 Å². The molecule has 0 aromatic heterocycles. The number of carbonyl (C=O) groups is 2. The number of fused-ring (bicyclic) bond motifs is 2. The van der Waals surface area contributed by atoms with Crippen molar-refractivity contribution in [1.82, 2.24) is 0 Å². The second kappa shape index (κ2) is 8.15. The van der Waals surface area contributed by atoms with E-state index in [1.54, 1.807) is 42.5 Å². The standard InChI is InChI=1S/C24H23BrCl2N2O3/c1-22(2)23(3)10-11-24(22,21(31)28-16-8-9-17(26)18(27)12-16)13-19(23)29-32-20(30)14-4-6-15(25)7-5-14/h4-9,12H,10-11,13H2,1-3H3,(H,28,31)/b29-19-. The highest BCUT2D eigenvalue weighted by Gasteiger charge is 2.71. The first-order valence-electron chi connectivity index (χ1n) is 10.3. The topological polar surface area (TPSA) is 67.8 Å². The van der Waals surface area contributed by atoms with E-state index in [1.165, 1.54) is 0 Å². The van der Waals surface area contributed by atoms with Crippen LogP contribution in [0.5, 0.6) is 0 Å². The van der Waals surface area contributed by atoms with E-state index in [-0.39, 0.29) is 16.7 Å². The number of hydrogen-bond acceptors (Lipinski definition) is 4. The molecular weight excluding hydrogens is 515 g/mol. The quantitative estimate of drug-likeness (QED) is 0.333. The molecule has 2 aliphatic carbocycles. The van der Waals surface area contributed by atoms with Gasteiger partial charge in [0.2, 0.25) is 5.91 Å². The molecule has 2 aromatic carbocycles. The Morgan fingerprint density at radius 2 is 1.72 bits per heavy atom. The van der Waals surface area contributed by atoms with Crippen LogP contribution in [0.4, 0.5) is 5.69 Å². The third-order valence-electron chi connectivity index (χ3n) is 7.66. The summed E-state index contributed by atoms with van der Waals surface area (Å²) in [5, 5.41) is 8.09. The van der Waals surface area contributed by atoms with Gasteiger partial charge in [-0.3, -0.25) is 4.79 Å². The van der Waals surface area contributed by atoms with Crippen LogP contribution in [0.2, 0.25) is 10.0 Å². The Hall–Kier alpha value is -1.89. The predicted molar refractivity (Wildman–Crippen MR) is 130 cm³/mol. The van der Waals surface area contributed by atoms with Crippen LogP contribution in [0.15, 0.2) is 52.1 Å². The Morgan fingerprint density at radius 1 is 1.03 bits per heavy atom. The average Bonchev–Trinajstić information content (AvgIpc) is 3.06. The van der Waals surface area contributed by atoms with Gasteiger partial charge in [-0.25, -0.2) is 4.79 Å². The van der Waals surface area contributed by atoms with Gasteiger partial charge in [-0.2, -0.15) is 0 Å². The Morgan fingerprint density at radius 3 is 2.38 bits per heavy atom. The van der Waals surface area contributed by atoms with Gasteiger partial charge in [0.25, 0.3) is 0 Å². The molecule has 32 heavy (non-hydrogen) atoms. The minimum absolute atomic E-state index is 0.0888. The first kappa shape index (κ1) is 23.3. The number of oxime groups is 1. The zero-order valence-electron chi connectivity index (χ0n) is 18.0. The summed E-state index contributed by atoms with van der Waals surface area (Å²) < 4.78 is 0.873. The van der Waals surface area contributed by atoms with Crippen molar-refractivity contribution in [1.29, 1.82) is 0 Å². The maximum absolute atomic E-state index is 13.5. The fourth-order valence-electron chi connectivity index (χ4n) is 5.08. The Kier molecular flexibility index (Phi) is 5.93. The third-order valence-corrected chi connectivity index (χ3v) is 8.93. The Labute approximate surface area is 205 Å². The molecule has 0 saturated heterocycles. The van der Waals surface area contributed by atoms with Gasteiger partial charge in [0.15, 0.2) is 0 Å². The smallest absolute Gasteiger partial charge is 0.326 e. The second-order valence-corrected chi connectivity index (χ2v) is 11.0. The van der Waals surface area contributed by atoms with Crippen LogP contribution in [0.25, 0.3) is 0 Å². The lowest BCUT2D eigenvalue weighted by Crippen LogP contribution is -2.43. The van der Waals surface area contributed by atoms with E-state index in [0.29, 0.717) is 27.7 Å². The maximum atomic E-state index is 13.5. The van der Waals surface area contributed by atoms with Gasteiger partial charge in [-0.15, -0.1) is 0 Å². The summed E-state index contributed by atoms with van der Waals surface area (Å²) in [5.41, 5.74) is 0.331. The number of anilines is 1. The lowest BCUT2D eigenvalue weighted by Gasteiger charge is -2.39. The normalized spacial score (nSPS) is 26.9. The molecule has 2 saturated carbocycles. The summed E-state index contributed by atoms with van der Waals surface area (Å²) in [6, 6.07) is 11.9. The average molecular weight is 538 g/mol. The van der Waals surface area contributed by atoms with Gasteiger partial charge in [-0.1, -0.05) is 65.1 Å². The van der Waals surface area contributed by atoms with Crippen LogP contribution in [-0.4, -0.2) is 17.6 Å². The molecule has 2 aromatic rings. The lowest BCUT2D eigenvalue weighted by atomic mass is 9.64. The molecule has 0 radical (unpaired) electrons. The number of hydrogen-bond donors (Lipinski definition) is 1. The van der Waals surface area contributed by atoms with Gasteiger partial charge in [0.1, 0.15) is 0 Å². The number of nitrogens with zero attached hydrogens (tertiary/aromatic N) is 1. The van der Waals surface area contributed by atoms with Gasteiger partial charge < -0.3 is 10.2 Å². The van der Waals surface area contributed by atoms with Crippen molar-refractivity contribution < 1.29 is 14.4 Å². The van der Waals surface area contributed by atoms with Crippen molar-refractivity contribution in [2.75, 3.05) is 5.32 Å². The fraction of sp³-hybridized carbons (Fsp3) is 0.375. The summed E-state index contributed by atoms with van der Waals surface area (Å²) in [7, 11) is 0. The molecule has 0 aliphatic heterocycles. The van der Waals surface area contributed by atoms with Crippen LogP contribution < -0.4 is 5.32 Å². The van der Waals surface area contributed by atoms with Crippen LogP contribution in [-0.2, 0) is 9.63 Å². The van der Waals surface area contributed by atoms with Crippen molar-refractivity contribution in [3.05, 3.63) is 62.5 Å². The van der Waals surface area contributed by atoms with Crippen molar-refractivity contribution in [3.8, 4) is 0 Å². The number of benzene rings is 2. The largest absolute Gasteiger partial charge is 0.365 e. The zero-order valence-corrected chi connectivity index (χ0v) is 21.1. The molecule has 0 spiro atoms. The van der Waals surface area contributed by atoms with E-state index >= 15 is 0 Å². The zero-order chi connectivity index (χ0) is 23.3. The molecule has 0 heterocycles. The van der Waals surface area contributed by atoms with E-state index in [9.17, 15) is 9.59 Å². The number of rotatable bonds is 4. The second-order valence-electron chi connectivity index (χ2n) is 9.22. The highest BCUT2D eigenvalue weighted by Crippen LogP contribution is 2.71. The molecule has 4 rings (SSSR count). The summed E-state index contributed by atoms with van der Waals surface area (Å²) in [5.74, 6) is -0.613. The SMILES string of the molecule is CC12CCC(C(=O)Nc3ccc(Cl)c(Cl)c3)(C/C1=N/OC(=O)c1ccc(Br)cc1)C2(C)C.